The normalized spacial score (nSPS) is 13.3. The van der Waals surface area contributed by atoms with E-state index >= 15 is 0 Å². The molecule has 0 fully saturated rings. The first-order valence-electron chi connectivity index (χ1n) is 7.05. The summed E-state index contributed by atoms with van der Waals surface area (Å²) in [6.07, 6.45) is 3.50. The average molecular weight is 278 g/mol. The SMILES string of the molecule is Oc1cccc(-c2noc(-c3ccc4c(c3)CCC4)n2)c1. The molecule has 3 aromatic rings. The van der Waals surface area contributed by atoms with Gasteiger partial charge in [0.15, 0.2) is 0 Å². The van der Waals surface area contributed by atoms with Crippen molar-refractivity contribution in [2.75, 3.05) is 0 Å². The molecular weight excluding hydrogens is 264 g/mol. The maximum Gasteiger partial charge on any atom is 0.258 e. The Morgan fingerprint density at radius 3 is 2.76 bits per heavy atom. The van der Waals surface area contributed by atoms with Crippen molar-refractivity contribution >= 4 is 0 Å². The third kappa shape index (κ3) is 2.18. The molecule has 0 spiro atoms. The lowest BCUT2D eigenvalue weighted by atomic mass is 10.1. The molecule has 0 saturated heterocycles. The second-order valence-corrected chi connectivity index (χ2v) is 5.31. The van der Waals surface area contributed by atoms with Crippen molar-refractivity contribution in [3.63, 3.8) is 0 Å². The van der Waals surface area contributed by atoms with Crippen molar-refractivity contribution in [2.45, 2.75) is 19.3 Å². The summed E-state index contributed by atoms with van der Waals surface area (Å²) in [6.45, 7) is 0. The van der Waals surface area contributed by atoms with Crippen molar-refractivity contribution in [3.05, 3.63) is 53.6 Å². The molecule has 4 heteroatoms. The molecule has 104 valence electrons. The number of benzene rings is 2. The van der Waals surface area contributed by atoms with Crippen LogP contribution < -0.4 is 0 Å². The minimum absolute atomic E-state index is 0.191. The molecule has 1 aliphatic carbocycles. The Morgan fingerprint density at radius 2 is 1.86 bits per heavy atom. The third-order valence-electron chi connectivity index (χ3n) is 3.88. The summed E-state index contributed by atoms with van der Waals surface area (Å²) in [4.78, 5) is 4.43. The maximum absolute atomic E-state index is 9.52. The standard InChI is InChI=1S/C17H14N2O2/c20-15-6-2-5-13(10-15)16-18-17(21-19-16)14-8-7-11-3-1-4-12(11)9-14/h2,5-10,20H,1,3-4H2. The van der Waals surface area contributed by atoms with Crippen molar-refractivity contribution in [3.8, 4) is 28.6 Å². The molecule has 0 unspecified atom stereocenters. The molecule has 0 saturated carbocycles. The molecule has 4 nitrogen and oxygen atoms in total. The van der Waals surface area contributed by atoms with E-state index in [0.717, 1.165) is 24.0 Å². The van der Waals surface area contributed by atoms with E-state index in [9.17, 15) is 5.11 Å². The van der Waals surface area contributed by atoms with Crippen molar-refractivity contribution in [2.24, 2.45) is 0 Å². The fourth-order valence-electron chi connectivity index (χ4n) is 2.81. The van der Waals surface area contributed by atoms with Gasteiger partial charge in [0, 0.05) is 11.1 Å². The van der Waals surface area contributed by atoms with E-state index in [1.807, 2.05) is 12.1 Å². The Hall–Kier alpha value is -2.62. The molecule has 0 aliphatic heterocycles. The van der Waals surface area contributed by atoms with Crippen molar-refractivity contribution in [1.29, 1.82) is 0 Å². The highest BCUT2D eigenvalue weighted by atomic mass is 16.5. The fraction of sp³-hybridized carbons (Fsp3) is 0.176. The highest BCUT2D eigenvalue weighted by molar-refractivity contribution is 5.62. The predicted molar refractivity (Wildman–Crippen MR) is 78.9 cm³/mol. The summed E-state index contributed by atoms with van der Waals surface area (Å²) < 4.78 is 5.36. The molecule has 0 amide bonds. The van der Waals surface area contributed by atoms with E-state index in [1.54, 1.807) is 18.2 Å². The Morgan fingerprint density at radius 1 is 0.952 bits per heavy atom. The number of aryl methyl sites for hydroxylation is 2. The highest BCUT2D eigenvalue weighted by Gasteiger charge is 2.15. The van der Waals surface area contributed by atoms with Gasteiger partial charge in [-0.15, -0.1) is 0 Å². The Kier molecular flexibility index (Phi) is 2.74. The summed E-state index contributed by atoms with van der Waals surface area (Å²) in [5.41, 5.74) is 4.50. The van der Waals surface area contributed by atoms with Crippen LogP contribution in [0.1, 0.15) is 17.5 Å². The molecule has 1 N–H and O–H groups in total. The van der Waals surface area contributed by atoms with Gasteiger partial charge in [-0.2, -0.15) is 4.98 Å². The van der Waals surface area contributed by atoms with Gasteiger partial charge in [0.25, 0.3) is 5.89 Å². The summed E-state index contributed by atoms with van der Waals surface area (Å²) in [7, 11) is 0. The number of nitrogens with zero attached hydrogens (tertiary/aromatic N) is 2. The molecule has 0 atom stereocenters. The smallest absolute Gasteiger partial charge is 0.258 e. The van der Waals surface area contributed by atoms with E-state index < -0.39 is 0 Å². The van der Waals surface area contributed by atoms with E-state index in [4.69, 9.17) is 4.52 Å². The van der Waals surface area contributed by atoms with Crippen LogP contribution >= 0.6 is 0 Å². The summed E-state index contributed by atoms with van der Waals surface area (Å²) in [5.74, 6) is 1.20. The van der Waals surface area contributed by atoms with Gasteiger partial charge in [0.1, 0.15) is 5.75 Å². The second-order valence-electron chi connectivity index (χ2n) is 5.31. The van der Waals surface area contributed by atoms with Crippen LogP contribution in [0.15, 0.2) is 47.0 Å². The van der Waals surface area contributed by atoms with Crippen molar-refractivity contribution in [1.82, 2.24) is 10.1 Å². The summed E-state index contributed by atoms with van der Waals surface area (Å²) in [5, 5.41) is 13.5. The second kappa shape index (κ2) is 4.74. The third-order valence-corrected chi connectivity index (χ3v) is 3.88. The molecule has 1 aromatic heterocycles. The Labute approximate surface area is 122 Å². The molecule has 1 heterocycles. The van der Waals surface area contributed by atoms with E-state index in [-0.39, 0.29) is 5.75 Å². The zero-order valence-electron chi connectivity index (χ0n) is 11.4. The lowest BCUT2D eigenvalue weighted by molar-refractivity contribution is 0.432. The molecule has 1 aliphatic rings. The van der Waals surface area contributed by atoms with E-state index in [2.05, 4.69) is 22.3 Å². The molecule has 4 rings (SSSR count). The number of hydrogen-bond acceptors (Lipinski definition) is 4. The van der Waals surface area contributed by atoms with Gasteiger partial charge in [-0.05, 0) is 54.7 Å². The Bertz CT molecular complexity index is 808. The summed E-state index contributed by atoms with van der Waals surface area (Å²) in [6, 6.07) is 13.2. The first-order valence-corrected chi connectivity index (χ1v) is 7.05. The molecule has 21 heavy (non-hydrogen) atoms. The maximum atomic E-state index is 9.52. The first-order chi connectivity index (χ1) is 10.3. The van der Waals surface area contributed by atoms with Crippen molar-refractivity contribution < 1.29 is 9.63 Å². The minimum Gasteiger partial charge on any atom is -0.508 e. The predicted octanol–water partition coefficient (Wildman–Crippen LogP) is 3.60. The lowest BCUT2D eigenvalue weighted by Gasteiger charge is -2.00. The first kappa shape index (κ1) is 12.1. The zero-order chi connectivity index (χ0) is 14.2. The number of hydrogen-bond donors (Lipinski definition) is 1. The number of fused-ring (bicyclic) bond motifs is 1. The largest absolute Gasteiger partial charge is 0.508 e. The fourth-order valence-corrected chi connectivity index (χ4v) is 2.81. The quantitative estimate of drug-likeness (QED) is 0.778. The number of aromatic hydroxyl groups is 1. The van der Waals surface area contributed by atoms with Gasteiger partial charge in [0.05, 0.1) is 0 Å². The monoisotopic (exact) mass is 278 g/mol. The van der Waals surface area contributed by atoms with Crippen LogP contribution in [0, 0.1) is 0 Å². The zero-order valence-corrected chi connectivity index (χ0v) is 11.4. The van der Waals surface area contributed by atoms with Crippen LogP contribution in [-0.4, -0.2) is 15.2 Å². The minimum atomic E-state index is 0.191. The molecule has 0 bridgehead atoms. The topological polar surface area (TPSA) is 59.2 Å². The van der Waals surface area contributed by atoms with Crippen LogP contribution in [0.3, 0.4) is 0 Å². The Balaban J connectivity index is 1.71. The summed E-state index contributed by atoms with van der Waals surface area (Å²) >= 11 is 0. The van der Waals surface area contributed by atoms with Crippen LogP contribution in [0.25, 0.3) is 22.8 Å². The number of aromatic nitrogens is 2. The van der Waals surface area contributed by atoms with Crippen LogP contribution in [0.2, 0.25) is 0 Å². The number of phenolic OH excluding ortho intramolecular Hbond substituents is 1. The molecule has 0 radical (unpaired) electrons. The van der Waals surface area contributed by atoms with Gasteiger partial charge in [-0.1, -0.05) is 23.4 Å². The van der Waals surface area contributed by atoms with Crippen LogP contribution in [0.4, 0.5) is 0 Å². The van der Waals surface area contributed by atoms with E-state index in [1.165, 1.54) is 17.5 Å². The lowest BCUT2D eigenvalue weighted by Crippen LogP contribution is -1.85. The van der Waals surface area contributed by atoms with Gasteiger partial charge < -0.3 is 9.63 Å². The van der Waals surface area contributed by atoms with Crippen LogP contribution in [-0.2, 0) is 12.8 Å². The molecule has 2 aromatic carbocycles. The number of phenols is 1. The van der Waals surface area contributed by atoms with Crippen LogP contribution in [0.5, 0.6) is 5.75 Å². The van der Waals surface area contributed by atoms with Gasteiger partial charge >= 0.3 is 0 Å². The number of rotatable bonds is 2. The van der Waals surface area contributed by atoms with Gasteiger partial charge in [-0.3, -0.25) is 0 Å². The van der Waals surface area contributed by atoms with Gasteiger partial charge in [-0.25, -0.2) is 0 Å². The molecular formula is C17H14N2O2. The van der Waals surface area contributed by atoms with Gasteiger partial charge in [0.2, 0.25) is 5.82 Å². The average Bonchev–Trinajstić information content (AvgIpc) is 3.15. The van der Waals surface area contributed by atoms with E-state index in [0.29, 0.717) is 11.7 Å². The highest BCUT2D eigenvalue weighted by Crippen LogP contribution is 2.29.